The SMILES string of the molecule is COc1ccc(-c2nc3ccccc3[nH]2)cc1NC(=S)NC(=O)c1cccc(F)c1. The van der Waals surface area contributed by atoms with Gasteiger partial charge in [-0.25, -0.2) is 9.37 Å². The van der Waals surface area contributed by atoms with E-state index in [1.54, 1.807) is 6.07 Å². The molecule has 0 atom stereocenters. The zero-order valence-corrected chi connectivity index (χ0v) is 16.7. The summed E-state index contributed by atoms with van der Waals surface area (Å²) in [5, 5.41) is 5.56. The van der Waals surface area contributed by atoms with E-state index in [1.807, 2.05) is 36.4 Å². The number of ether oxygens (including phenoxy) is 1. The first-order chi connectivity index (χ1) is 14.5. The Bertz CT molecular complexity index is 1220. The molecule has 30 heavy (non-hydrogen) atoms. The van der Waals surface area contributed by atoms with E-state index in [4.69, 9.17) is 17.0 Å². The Labute approximate surface area is 177 Å². The van der Waals surface area contributed by atoms with Crippen LogP contribution in [-0.2, 0) is 0 Å². The lowest BCUT2D eigenvalue weighted by molar-refractivity contribution is 0.0977. The molecule has 0 saturated heterocycles. The molecule has 0 aliphatic carbocycles. The number of carbonyl (C=O) groups is 1. The van der Waals surface area contributed by atoms with Crippen molar-refractivity contribution in [1.82, 2.24) is 15.3 Å². The number of methoxy groups -OCH3 is 1. The molecule has 150 valence electrons. The van der Waals surface area contributed by atoms with Gasteiger partial charge in [-0.15, -0.1) is 0 Å². The number of para-hydroxylation sites is 2. The lowest BCUT2D eigenvalue weighted by Gasteiger charge is -2.14. The highest BCUT2D eigenvalue weighted by atomic mass is 32.1. The lowest BCUT2D eigenvalue weighted by atomic mass is 10.1. The molecule has 0 aliphatic rings. The van der Waals surface area contributed by atoms with Crippen LogP contribution in [-0.4, -0.2) is 28.1 Å². The van der Waals surface area contributed by atoms with Crippen molar-refractivity contribution < 1.29 is 13.9 Å². The predicted molar refractivity (Wildman–Crippen MR) is 118 cm³/mol. The summed E-state index contributed by atoms with van der Waals surface area (Å²) in [6.07, 6.45) is 0. The van der Waals surface area contributed by atoms with Crippen LogP contribution in [0.2, 0.25) is 0 Å². The van der Waals surface area contributed by atoms with Crippen LogP contribution in [0.15, 0.2) is 66.7 Å². The zero-order chi connectivity index (χ0) is 21.1. The predicted octanol–water partition coefficient (Wildman–Crippen LogP) is 4.50. The molecule has 1 heterocycles. The summed E-state index contributed by atoms with van der Waals surface area (Å²) in [4.78, 5) is 20.2. The van der Waals surface area contributed by atoms with Gasteiger partial charge >= 0.3 is 0 Å². The van der Waals surface area contributed by atoms with Gasteiger partial charge in [0.15, 0.2) is 5.11 Å². The minimum atomic E-state index is -0.514. The molecular formula is C22H17FN4O2S. The van der Waals surface area contributed by atoms with E-state index in [0.717, 1.165) is 22.7 Å². The third-order valence-corrected chi connectivity index (χ3v) is 4.63. The number of nitrogens with zero attached hydrogens (tertiary/aromatic N) is 1. The fraction of sp³-hybridized carbons (Fsp3) is 0.0455. The second kappa shape index (κ2) is 8.30. The molecule has 0 aliphatic heterocycles. The molecule has 3 aromatic carbocycles. The number of rotatable bonds is 4. The van der Waals surface area contributed by atoms with Gasteiger partial charge in [0.2, 0.25) is 0 Å². The smallest absolute Gasteiger partial charge is 0.257 e. The van der Waals surface area contributed by atoms with Crippen molar-refractivity contribution in [2.75, 3.05) is 12.4 Å². The number of aromatic amines is 1. The number of benzene rings is 3. The van der Waals surface area contributed by atoms with Crippen molar-refractivity contribution in [2.45, 2.75) is 0 Å². The monoisotopic (exact) mass is 420 g/mol. The van der Waals surface area contributed by atoms with Gasteiger partial charge in [-0.1, -0.05) is 18.2 Å². The number of imidazole rings is 1. The molecule has 0 fully saturated rings. The Hall–Kier alpha value is -3.78. The first-order valence-corrected chi connectivity index (χ1v) is 9.45. The summed E-state index contributed by atoms with van der Waals surface area (Å²) < 4.78 is 18.7. The molecule has 6 nitrogen and oxygen atoms in total. The minimum absolute atomic E-state index is 0.0596. The number of halogens is 1. The molecule has 1 aromatic heterocycles. The number of aromatic nitrogens is 2. The first-order valence-electron chi connectivity index (χ1n) is 9.04. The van der Waals surface area contributed by atoms with Gasteiger partial charge in [0.1, 0.15) is 17.4 Å². The number of anilines is 1. The van der Waals surface area contributed by atoms with E-state index < -0.39 is 11.7 Å². The van der Waals surface area contributed by atoms with Gasteiger partial charge in [-0.3, -0.25) is 10.1 Å². The Morgan fingerprint density at radius 2 is 1.93 bits per heavy atom. The molecular weight excluding hydrogens is 403 g/mol. The summed E-state index contributed by atoms with van der Waals surface area (Å²) in [5.41, 5.74) is 3.32. The summed E-state index contributed by atoms with van der Waals surface area (Å²) >= 11 is 5.25. The molecule has 3 N–H and O–H groups in total. The van der Waals surface area contributed by atoms with Crippen LogP contribution >= 0.6 is 12.2 Å². The fourth-order valence-electron chi connectivity index (χ4n) is 3.00. The molecule has 1 amide bonds. The highest BCUT2D eigenvalue weighted by Crippen LogP contribution is 2.30. The fourth-order valence-corrected chi connectivity index (χ4v) is 3.20. The Balaban J connectivity index is 1.56. The topological polar surface area (TPSA) is 79.0 Å². The molecule has 0 radical (unpaired) electrons. The Kier molecular flexibility index (Phi) is 5.40. The number of amides is 1. The van der Waals surface area contributed by atoms with Gasteiger partial charge in [0, 0.05) is 11.1 Å². The largest absolute Gasteiger partial charge is 0.495 e. The van der Waals surface area contributed by atoms with E-state index in [0.29, 0.717) is 17.3 Å². The van der Waals surface area contributed by atoms with E-state index in [2.05, 4.69) is 20.6 Å². The highest BCUT2D eigenvalue weighted by Gasteiger charge is 2.13. The lowest BCUT2D eigenvalue weighted by Crippen LogP contribution is -2.34. The number of nitrogens with one attached hydrogen (secondary N) is 3. The van der Waals surface area contributed by atoms with Gasteiger partial charge in [0.25, 0.3) is 5.91 Å². The zero-order valence-electron chi connectivity index (χ0n) is 15.9. The maximum atomic E-state index is 13.3. The Morgan fingerprint density at radius 3 is 2.70 bits per heavy atom. The van der Waals surface area contributed by atoms with Crippen LogP contribution < -0.4 is 15.4 Å². The molecule has 0 unspecified atom stereocenters. The van der Waals surface area contributed by atoms with Gasteiger partial charge in [-0.05, 0) is 60.7 Å². The summed E-state index contributed by atoms with van der Waals surface area (Å²) in [7, 11) is 1.54. The highest BCUT2D eigenvalue weighted by molar-refractivity contribution is 7.80. The van der Waals surface area contributed by atoms with Crippen LogP contribution in [0.5, 0.6) is 5.75 Å². The van der Waals surface area contributed by atoms with Crippen LogP contribution in [0.1, 0.15) is 10.4 Å². The van der Waals surface area contributed by atoms with E-state index >= 15 is 0 Å². The van der Waals surface area contributed by atoms with Crippen molar-refractivity contribution in [3.8, 4) is 17.1 Å². The van der Waals surface area contributed by atoms with E-state index in [1.165, 1.54) is 25.3 Å². The molecule has 0 bridgehead atoms. The maximum absolute atomic E-state index is 13.3. The van der Waals surface area contributed by atoms with Crippen molar-refractivity contribution in [1.29, 1.82) is 0 Å². The summed E-state index contributed by atoms with van der Waals surface area (Å²) in [5.74, 6) is 0.218. The number of fused-ring (bicyclic) bond motifs is 1. The van der Waals surface area contributed by atoms with Crippen molar-refractivity contribution in [2.24, 2.45) is 0 Å². The van der Waals surface area contributed by atoms with Gasteiger partial charge in [0.05, 0.1) is 23.8 Å². The first kappa shape index (κ1) is 19.5. The minimum Gasteiger partial charge on any atom is -0.495 e. The van der Waals surface area contributed by atoms with Crippen molar-refractivity contribution in [3.05, 3.63) is 78.1 Å². The molecule has 4 aromatic rings. The maximum Gasteiger partial charge on any atom is 0.257 e. The molecule has 8 heteroatoms. The van der Waals surface area contributed by atoms with Gasteiger partial charge < -0.3 is 15.0 Å². The van der Waals surface area contributed by atoms with Crippen molar-refractivity contribution >= 4 is 40.0 Å². The standard InChI is InChI=1S/C22H17FN4O2S/c1-29-19-10-9-13(20-24-16-7-2-3-8-17(16)25-20)12-18(19)26-22(30)27-21(28)14-5-4-6-15(23)11-14/h2-12H,1H3,(H,24,25)(H2,26,27,28,30). The second-order valence-corrected chi connectivity index (χ2v) is 6.84. The molecule has 0 spiro atoms. The molecule has 0 saturated carbocycles. The van der Waals surface area contributed by atoms with Gasteiger partial charge in [-0.2, -0.15) is 0 Å². The average Bonchev–Trinajstić information content (AvgIpc) is 3.18. The quantitative estimate of drug-likeness (QED) is 0.424. The average molecular weight is 420 g/mol. The third-order valence-electron chi connectivity index (χ3n) is 4.42. The Morgan fingerprint density at radius 1 is 1.10 bits per heavy atom. The number of hydrogen-bond donors (Lipinski definition) is 3. The van der Waals surface area contributed by atoms with Crippen LogP contribution in [0.3, 0.4) is 0 Å². The van der Waals surface area contributed by atoms with Crippen LogP contribution in [0.4, 0.5) is 10.1 Å². The summed E-state index contributed by atoms with van der Waals surface area (Å²) in [6, 6.07) is 18.6. The van der Waals surface area contributed by atoms with E-state index in [9.17, 15) is 9.18 Å². The number of thiocarbonyl (C=S) groups is 1. The number of carbonyl (C=O) groups excluding carboxylic acids is 1. The second-order valence-electron chi connectivity index (χ2n) is 6.44. The van der Waals surface area contributed by atoms with Crippen molar-refractivity contribution in [3.63, 3.8) is 0 Å². The molecule has 4 rings (SSSR count). The number of H-pyrrole nitrogens is 1. The summed E-state index contributed by atoms with van der Waals surface area (Å²) in [6.45, 7) is 0. The van der Waals surface area contributed by atoms with Crippen LogP contribution in [0, 0.1) is 5.82 Å². The third kappa shape index (κ3) is 4.13. The normalized spacial score (nSPS) is 10.6. The number of hydrogen-bond acceptors (Lipinski definition) is 4. The van der Waals surface area contributed by atoms with Crippen LogP contribution in [0.25, 0.3) is 22.4 Å². The van der Waals surface area contributed by atoms with E-state index in [-0.39, 0.29) is 10.7 Å².